The van der Waals surface area contributed by atoms with Crippen molar-refractivity contribution in [1.82, 2.24) is 5.32 Å². The van der Waals surface area contributed by atoms with Gasteiger partial charge in [-0.2, -0.15) is 5.26 Å². The van der Waals surface area contributed by atoms with E-state index in [2.05, 4.69) is 16.7 Å². The van der Waals surface area contributed by atoms with Crippen LogP contribution in [0.2, 0.25) is 0 Å². The molecule has 142 valence electrons. The van der Waals surface area contributed by atoms with Crippen LogP contribution in [0.1, 0.15) is 53.8 Å². The fourth-order valence-corrected chi connectivity index (χ4v) is 4.58. The Hall–Kier alpha value is -2.30. The SMILES string of the molecule is CC(NCCC(=O)Nc1sc2c(c1C#N)CCCC2)c1ccc(F)cc1F. The molecule has 1 aromatic heterocycles. The standard InChI is InChI=1S/C20H21F2N3OS/c1-12(14-7-6-13(21)10-17(14)22)24-9-8-19(26)25-20-16(11-23)15-4-2-3-5-18(15)27-20/h6-7,10,12,24H,2-5,8-9H2,1H3,(H,25,26). The molecule has 27 heavy (non-hydrogen) atoms. The number of nitrogens with one attached hydrogen (secondary N) is 2. The first kappa shape index (κ1) is 19.5. The predicted octanol–water partition coefficient (Wildman–Crippen LogP) is 4.46. The zero-order valence-corrected chi connectivity index (χ0v) is 15.9. The summed E-state index contributed by atoms with van der Waals surface area (Å²) in [5.41, 5.74) is 2.04. The lowest BCUT2D eigenvalue weighted by atomic mass is 9.96. The maximum Gasteiger partial charge on any atom is 0.226 e. The molecule has 1 aliphatic carbocycles. The number of rotatable bonds is 6. The average Bonchev–Trinajstić information content (AvgIpc) is 2.98. The minimum absolute atomic E-state index is 0.190. The van der Waals surface area contributed by atoms with Crippen LogP contribution in [0.5, 0.6) is 0 Å². The second-order valence-electron chi connectivity index (χ2n) is 6.67. The fourth-order valence-electron chi connectivity index (χ4n) is 3.33. The largest absolute Gasteiger partial charge is 0.317 e. The molecular weight excluding hydrogens is 368 g/mol. The Kier molecular flexibility index (Phi) is 6.19. The molecule has 1 unspecified atom stereocenters. The fraction of sp³-hybridized carbons (Fsp3) is 0.400. The van der Waals surface area contributed by atoms with Crippen LogP contribution in [-0.2, 0) is 17.6 Å². The monoisotopic (exact) mass is 389 g/mol. The normalized spacial score (nSPS) is 14.3. The van der Waals surface area contributed by atoms with E-state index in [4.69, 9.17) is 0 Å². The van der Waals surface area contributed by atoms with Gasteiger partial charge in [-0.3, -0.25) is 4.79 Å². The van der Waals surface area contributed by atoms with Crippen LogP contribution in [0.15, 0.2) is 18.2 Å². The van der Waals surface area contributed by atoms with Gasteiger partial charge in [-0.15, -0.1) is 11.3 Å². The highest BCUT2D eigenvalue weighted by molar-refractivity contribution is 7.16. The molecule has 0 radical (unpaired) electrons. The molecule has 0 saturated heterocycles. The minimum Gasteiger partial charge on any atom is -0.317 e. The van der Waals surface area contributed by atoms with E-state index in [9.17, 15) is 18.8 Å². The van der Waals surface area contributed by atoms with Crippen LogP contribution in [-0.4, -0.2) is 12.5 Å². The Morgan fingerprint density at radius 2 is 2.11 bits per heavy atom. The number of fused-ring (bicyclic) bond motifs is 1. The van der Waals surface area contributed by atoms with Crippen molar-refractivity contribution in [2.45, 2.75) is 45.1 Å². The Balaban J connectivity index is 1.54. The number of thiophene rings is 1. The summed E-state index contributed by atoms with van der Waals surface area (Å²) in [6, 6.07) is 5.34. The molecule has 0 bridgehead atoms. The summed E-state index contributed by atoms with van der Waals surface area (Å²) in [6.07, 6.45) is 4.25. The Bertz CT molecular complexity index is 888. The van der Waals surface area contributed by atoms with Crippen molar-refractivity contribution in [3.8, 4) is 6.07 Å². The highest BCUT2D eigenvalue weighted by Crippen LogP contribution is 2.37. The van der Waals surface area contributed by atoms with Crippen LogP contribution in [0.4, 0.5) is 13.8 Å². The molecule has 1 aromatic carbocycles. The Morgan fingerprint density at radius 1 is 1.33 bits per heavy atom. The number of amides is 1. The first-order valence-corrected chi connectivity index (χ1v) is 9.84. The summed E-state index contributed by atoms with van der Waals surface area (Å²) >= 11 is 1.49. The van der Waals surface area contributed by atoms with Crippen LogP contribution >= 0.6 is 11.3 Å². The van der Waals surface area contributed by atoms with E-state index in [0.717, 1.165) is 37.3 Å². The molecule has 1 aliphatic rings. The third-order valence-electron chi connectivity index (χ3n) is 4.77. The summed E-state index contributed by atoms with van der Waals surface area (Å²) in [4.78, 5) is 13.4. The van der Waals surface area contributed by atoms with Gasteiger partial charge in [0, 0.05) is 35.5 Å². The van der Waals surface area contributed by atoms with Gasteiger partial charge in [0.25, 0.3) is 0 Å². The highest BCUT2D eigenvalue weighted by Gasteiger charge is 2.21. The van der Waals surface area contributed by atoms with Crippen molar-refractivity contribution < 1.29 is 13.6 Å². The summed E-state index contributed by atoms with van der Waals surface area (Å²) in [7, 11) is 0. The Labute approximate surface area is 161 Å². The lowest BCUT2D eigenvalue weighted by Gasteiger charge is -2.15. The molecule has 2 N–H and O–H groups in total. The first-order chi connectivity index (χ1) is 13.0. The van der Waals surface area contributed by atoms with E-state index < -0.39 is 11.6 Å². The van der Waals surface area contributed by atoms with Gasteiger partial charge in [0.05, 0.1) is 5.56 Å². The molecule has 1 amide bonds. The molecule has 1 atom stereocenters. The number of benzene rings is 1. The van der Waals surface area contributed by atoms with Crippen LogP contribution in [0.25, 0.3) is 0 Å². The van der Waals surface area contributed by atoms with Crippen molar-refractivity contribution in [3.05, 3.63) is 51.4 Å². The number of aryl methyl sites for hydroxylation is 1. The topological polar surface area (TPSA) is 64.9 Å². The van der Waals surface area contributed by atoms with Gasteiger partial charge in [0.1, 0.15) is 22.7 Å². The third-order valence-corrected chi connectivity index (χ3v) is 5.97. The zero-order chi connectivity index (χ0) is 19.4. The predicted molar refractivity (Wildman–Crippen MR) is 102 cm³/mol. The van der Waals surface area contributed by atoms with E-state index in [0.29, 0.717) is 22.7 Å². The van der Waals surface area contributed by atoms with Crippen LogP contribution in [0, 0.1) is 23.0 Å². The number of hydrogen-bond donors (Lipinski definition) is 2. The maximum atomic E-state index is 13.8. The van der Waals surface area contributed by atoms with E-state index in [1.54, 1.807) is 6.92 Å². The zero-order valence-electron chi connectivity index (χ0n) is 15.1. The molecule has 3 rings (SSSR count). The second kappa shape index (κ2) is 8.59. The van der Waals surface area contributed by atoms with Crippen molar-refractivity contribution in [1.29, 1.82) is 5.26 Å². The molecule has 0 fully saturated rings. The van der Waals surface area contributed by atoms with E-state index in [1.165, 1.54) is 28.3 Å². The number of carbonyl (C=O) groups excluding carboxylic acids is 1. The smallest absolute Gasteiger partial charge is 0.226 e. The Morgan fingerprint density at radius 3 is 2.85 bits per heavy atom. The maximum absolute atomic E-state index is 13.8. The average molecular weight is 389 g/mol. The number of nitrogens with zero attached hydrogens (tertiary/aromatic N) is 1. The quantitative estimate of drug-likeness (QED) is 0.767. The van der Waals surface area contributed by atoms with Gasteiger partial charge < -0.3 is 10.6 Å². The molecule has 2 aromatic rings. The lowest BCUT2D eigenvalue weighted by molar-refractivity contribution is -0.116. The van der Waals surface area contributed by atoms with Crippen LogP contribution < -0.4 is 10.6 Å². The van der Waals surface area contributed by atoms with Gasteiger partial charge >= 0.3 is 0 Å². The van der Waals surface area contributed by atoms with Gasteiger partial charge in [0.2, 0.25) is 5.91 Å². The third kappa shape index (κ3) is 4.52. The van der Waals surface area contributed by atoms with Gasteiger partial charge in [-0.1, -0.05) is 6.07 Å². The molecule has 0 aliphatic heterocycles. The highest BCUT2D eigenvalue weighted by atomic mass is 32.1. The molecular formula is C20H21F2N3OS. The molecule has 0 saturated carbocycles. The molecule has 0 spiro atoms. The van der Waals surface area contributed by atoms with E-state index >= 15 is 0 Å². The summed E-state index contributed by atoms with van der Waals surface area (Å²) in [5.74, 6) is -1.42. The number of nitriles is 1. The van der Waals surface area contributed by atoms with Crippen molar-refractivity contribution >= 4 is 22.2 Å². The second-order valence-corrected chi connectivity index (χ2v) is 7.77. The number of anilines is 1. The summed E-state index contributed by atoms with van der Waals surface area (Å²) < 4.78 is 26.8. The van der Waals surface area contributed by atoms with Crippen molar-refractivity contribution in [3.63, 3.8) is 0 Å². The van der Waals surface area contributed by atoms with Gasteiger partial charge in [-0.25, -0.2) is 8.78 Å². The molecule has 4 nitrogen and oxygen atoms in total. The van der Waals surface area contributed by atoms with Crippen molar-refractivity contribution in [2.75, 3.05) is 11.9 Å². The number of carbonyl (C=O) groups is 1. The first-order valence-electron chi connectivity index (χ1n) is 9.02. The van der Waals surface area contributed by atoms with Gasteiger partial charge in [-0.05, 0) is 44.2 Å². The molecule has 1 heterocycles. The number of hydrogen-bond acceptors (Lipinski definition) is 4. The number of halogens is 2. The van der Waals surface area contributed by atoms with E-state index in [-0.39, 0.29) is 18.4 Å². The van der Waals surface area contributed by atoms with Gasteiger partial charge in [0.15, 0.2) is 0 Å². The molecule has 7 heteroatoms. The lowest BCUT2D eigenvalue weighted by Crippen LogP contribution is -2.25. The van der Waals surface area contributed by atoms with Crippen LogP contribution in [0.3, 0.4) is 0 Å². The van der Waals surface area contributed by atoms with Crippen molar-refractivity contribution in [2.24, 2.45) is 0 Å². The minimum atomic E-state index is -0.616. The van der Waals surface area contributed by atoms with E-state index in [1.807, 2.05) is 0 Å². The summed E-state index contributed by atoms with van der Waals surface area (Å²) in [5, 5.41) is 16.0. The summed E-state index contributed by atoms with van der Waals surface area (Å²) in [6.45, 7) is 2.10.